The number of ketones is 2. The van der Waals surface area contributed by atoms with Gasteiger partial charge in [-0.3, -0.25) is 14.3 Å². The summed E-state index contributed by atoms with van der Waals surface area (Å²) in [4.78, 5) is 25.0. The predicted molar refractivity (Wildman–Crippen MR) is 221 cm³/mol. The molecule has 0 radical (unpaired) electrons. The van der Waals surface area contributed by atoms with E-state index in [0.29, 0.717) is 5.56 Å². The van der Waals surface area contributed by atoms with E-state index in [4.69, 9.17) is 18.9 Å². The zero-order valence-corrected chi connectivity index (χ0v) is 35.5. The fourth-order valence-corrected chi connectivity index (χ4v) is 7.07. The second kappa shape index (κ2) is 20.4. The van der Waals surface area contributed by atoms with Crippen molar-refractivity contribution in [3.8, 4) is 5.75 Å². The number of phenols is 1. The molecule has 5 N–H and O–H groups in total. The van der Waals surface area contributed by atoms with Crippen LogP contribution in [0.25, 0.3) is 12.2 Å². The number of aliphatic hydroxyl groups is 4. The third kappa shape index (κ3) is 12.1. The summed E-state index contributed by atoms with van der Waals surface area (Å²) in [5, 5.41) is 52.1. The van der Waals surface area contributed by atoms with Gasteiger partial charge in [0.05, 0.1) is 23.9 Å². The van der Waals surface area contributed by atoms with E-state index in [1.807, 2.05) is 85.8 Å². The number of aromatic hydroxyl groups is 1. The Labute approximate surface area is 342 Å². The van der Waals surface area contributed by atoms with Crippen molar-refractivity contribution in [1.82, 2.24) is 0 Å². The summed E-state index contributed by atoms with van der Waals surface area (Å²) in [7, 11) is 0. The number of carbonyl (C=O) groups excluding carboxylic acids is 2. The van der Waals surface area contributed by atoms with Crippen molar-refractivity contribution in [3.63, 3.8) is 0 Å². The average Bonchev–Trinajstić information content (AvgIpc) is 3.47. The summed E-state index contributed by atoms with van der Waals surface area (Å²) in [6, 6.07) is 7.40. The molecule has 1 saturated heterocycles. The van der Waals surface area contributed by atoms with E-state index < -0.39 is 54.5 Å². The predicted octanol–water partition coefficient (Wildman–Crippen LogP) is 7.04. The van der Waals surface area contributed by atoms with Gasteiger partial charge >= 0.3 is 0 Å². The van der Waals surface area contributed by atoms with Crippen molar-refractivity contribution < 1.29 is 58.8 Å². The number of benzene rings is 2. The van der Waals surface area contributed by atoms with Crippen LogP contribution >= 0.6 is 0 Å². The molecule has 3 heterocycles. The van der Waals surface area contributed by atoms with Crippen molar-refractivity contribution in [2.45, 2.75) is 131 Å². The molecule has 0 aromatic heterocycles. The maximum Gasteiger partial charge on any atom is 0.186 e. The molecular formula is C46H63FO11. The molecule has 2 aromatic carbocycles. The highest BCUT2D eigenvalue weighted by atomic mass is 19.0. The van der Waals surface area contributed by atoms with Gasteiger partial charge < -0.3 is 44.5 Å². The molecule has 12 atom stereocenters. The number of aryl methyl sites for hydroxylation is 3. The number of carbonyl (C=O) groups is 2. The zero-order valence-electron chi connectivity index (χ0n) is 35.5. The lowest BCUT2D eigenvalue weighted by molar-refractivity contribution is -0.154. The van der Waals surface area contributed by atoms with E-state index in [1.165, 1.54) is 12.1 Å². The number of hydrogen-bond donors (Lipinski definition) is 5. The number of phenolic OH excluding ortho intramolecular Hbond substituents is 1. The summed E-state index contributed by atoms with van der Waals surface area (Å²) >= 11 is 0. The van der Waals surface area contributed by atoms with Gasteiger partial charge in [-0.25, -0.2) is 0 Å². The third-order valence-corrected chi connectivity index (χ3v) is 10.9. The molecule has 11 nitrogen and oxygen atoms in total. The smallest absolute Gasteiger partial charge is 0.186 e. The highest BCUT2D eigenvalue weighted by Crippen LogP contribution is 2.36. The van der Waals surface area contributed by atoms with E-state index in [-0.39, 0.29) is 51.8 Å². The number of rotatable bonds is 0. The molecule has 320 valence electrons. The SMILES string of the molecule is Cc1cc(C)c2c(c1)/C=C/C(C)C1OC(C)(C)OC1C(=O)/C=C\[C@@H](C)[C@H](C)OC2O.Cc1cc(O)c2c(c1)/C=C/C(C)C(O)C(O)C(=O)/C=C\[C@@H](C)[C@H](C)OC2O.F. The summed E-state index contributed by atoms with van der Waals surface area (Å²) in [6.07, 6.45) is 6.39. The van der Waals surface area contributed by atoms with Crippen molar-refractivity contribution in [3.05, 3.63) is 99.7 Å². The normalized spacial score (nSPS) is 35.2. The van der Waals surface area contributed by atoms with Gasteiger partial charge in [0, 0.05) is 29.2 Å². The Morgan fingerprint density at radius 1 is 0.586 bits per heavy atom. The Kier molecular flexibility index (Phi) is 17.1. The quantitative estimate of drug-likeness (QED) is 0.185. The minimum atomic E-state index is -1.54. The fourth-order valence-electron chi connectivity index (χ4n) is 7.07. The molecule has 0 saturated carbocycles. The first-order chi connectivity index (χ1) is 26.6. The van der Waals surface area contributed by atoms with E-state index in [9.17, 15) is 35.1 Å². The minimum Gasteiger partial charge on any atom is -0.507 e. The van der Waals surface area contributed by atoms with Gasteiger partial charge in [-0.05, 0) is 88.9 Å². The van der Waals surface area contributed by atoms with Crippen LogP contribution in [-0.2, 0) is 28.5 Å². The molecular weight excluding hydrogens is 747 g/mol. The van der Waals surface area contributed by atoms with Gasteiger partial charge in [0.1, 0.15) is 24.1 Å². The first-order valence-electron chi connectivity index (χ1n) is 19.7. The number of aliphatic hydroxyl groups excluding tert-OH is 4. The van der Waals surface area contributed by atoms with Crippen LogP contribution in [0, 0.1) is 44.4 Å². The summed E-state index contributed by atoms with van der Waals surface area (Å²) < 4.78 is 23.6. The number of ether oxygens (including phenoxy) is 4. The van der Waals surface area contributed by atoms with Crippen LogP contribution in [0.2, 0.25) is 0 Å². The van der Waals surface area contributed by atoms with Crippen molar-refractivity contribution >= 4 is 23.7 Å². The molecule has 0 aliphatic carbocycles. The molecule has 5 rings (SSSR count). The Morgan fingerprint density at radius 2 is 1.05 bits per heavy atom. The highest BCUT2D eigenvalue weighted by molar-refractivity contribution is 5.94. The van der Waals surface area contributed by atoms with Crippen molar-refractivity contribution in [2.75, 3.05) is 0 Å². The van der Waals surface area contributed by atoms with Gasteiger partial charge in [0.2, 0.25) is 0 Å². The Balaban J connectivity index is 0.000000307. The molecule has 1 fully saturated rings. The number of hydrogen-bond acceptors (Lipinski definition) is 11. The van der Waals surface area contributed by atoms with E-state index in [2.05, 4.69) is 0 Å². The van der Waals surface area contributed by atoms with E-state index >= 15 is 0 Å². The summed E-state index contributed by atoms with van der Waals surface area (Å²) in [5.41, 5.74) is 5.31. The Morgan fingerprint density at radius 3 is 1.62 bits per heavy atom. The number of halogens is 1. The summed E-state index contributed by atoms with van der Waals surface area (Å²) in [6.45, 7) is 20.6. The Bertz CT molecular complexity index is 1870. The molecule has 0 amide bonds. The van der Waals surface area contributed by atoms with Crippen LogP contribution in [0.4, 0.5) is 4.70 Å². The van der Waals surface area contributed by atoms with Crippen LogP contribution in [0.3, 0.4) is 0 Å². The maximum absolute atomic E-state index is 12.9. The lowest BCUT2D eigenvalue weighted by atomic mass is 9.92. The molecule has 3 aliphatic rings. The van der Waals surface area contributed by atoms with Gasteiger partial charge in [-0.15, -0.1) is 0 Å². The highest BCUT2D eigenvalue weighted by Gasteiger charge is 2.46. The lowest BCUT2D eigenvalue weighted by Crippen LogP contribution is -2.37. The van der Waals surface area contributed by atoms with Crippen LogP contribution in [0.15, 0.2) is 60.7 Å². The van der Waals surface area contributed by atoms with E-state index in [1.54, 1.807) is 51.1 Å². The molecule has 0 spiro atoms. The molecule has 12 heteroatoms. The molecule has 3 aliphatic heterocycles. The van der Waals surface area contributed by atoms with Crippen molar-refractivity contribution in [2.24, 2.45) is 23.7 Å². The standard InChI is InChI=1S/C25H34O5.C21H28O6.FH/c1-14-12-17(4)21-19(13-14)10-8-16(3)22-23(30-25(6,7)29-22)20(26)11-9-15(2)18(5)28-24(21)27;1-11-9-15-7-5-13(3)19(24)20(25)16(22)8-6-12(2)14(4)27-21(26)18(15)17(23)10-11;/h8-13,15-16,18,22-24,27H,1-7H3;5-10,12-14,19-21,23-26H,1-4H3;1H/b10-8+,11-9-;7-5+,8-6-;/t15-,16?,18+,22?,23?,24?;12-,13?,14+,19?,20?,21?;/m11./s1. The average molecular weight is 811 g/mol. The van der Waals surface area contributed by atoms with Gasteiger partial charge in [0.25, 0.3) is 0 Å². The fraction of sp³-hybridized carbons (Fsp3) is 0.522. The third-order valence-electron chi connectivity index (χ3n) is 10.9. The first-order valence-corrected chi connectivity index (χ1v) is 19.7. The van der Waals surface area contributed by atoms with Crippen LogP contribution < -0.4 is 0 Å². The van der Waals surface area contributed by atoms with Gasteiger partial charge in [0.15, 0.2) is 29.9 Å². The number of fused-ring (bicyclic) bond motifs is 3. The summed E-state index contributed by atoms with van der Waals surface area (Å²) in [5.74, 6) is -2.54. The maximum atomic E-state index is 12.9. The largest absolute Gasteiger partial charge is 0.507 e. The van der Waals surface area contributed by atoms with E-state index in [0.717, 1.165) is 27.8 Å². The van der Waals surface area contributed by atoms with Crippen molar-refractivity contribution in [1.29, 1.82) is 0 Å². The molecule has 0 bridgehead atoms. The molecule has 2 aromatic rings. The monoisotopic (exact) mass is 810 g/mol. The van der Waals surface area contributed by atoms with Crippen LogP contribution in [0.1, 0.15) is 107 Å². The first kappa shape index (κ1) is 48.5. The second-order valence-electron chi connectivity index (χ2n) is 16.4. The second-order valence-corrected chi connectivity index (χ2v) is 16.4. The molecule has 58 heavy (non-hydrogen) atoms. The molecule has 8 unspecified atom stereocenters. The zero-order chi connectivity index (χ0) is 42.5. The van der Waals surface area contributed by atoms with Crippen LogP contribution in [-0.4, -0.2) is 79.5 Å². The van der Waals surface area contributed by atoms with Gasteiger partial charge in [-0.1, -0.05) is 87.9 Å². The van der Waals surface area contributed by atoms with Gasteiger partial charge in [-0.2, -0.15) is 0 Å². The lowest BCUT2D eigenvalue weighted by Gasteiger charge is -2.25. The minimum absolute atomic E-state index is 0. The Hall–Kier alpha value is -3.85. The topological polar surface area (TPSA) is 172 Å². The van der Waals surface area contributed by atoms with Crippen LogP contribution in [0.5, 0.6) is 5.75 Å².